The molecule has 0 atom stereocenters. The van der Waals surface area contributed by atoms with Crippen LogP contribution >= 0.6 is 27.7 Å². The molecule has 114 valence electrons. The summed E-state index contributed by atoms with van der Waals surface area (Å²) in [5, 5.41) is 3.32. The summed E-state index contributed by atoms with van der Waals surface area (Å²) in [6.07, 6.45) is 0.927. The molecule has 1 heterocycles. The van der Waals surface area contributed by atoms with Crippen LogP contribution in [0.25, 0.3) is 0 Å². The van der Waals surface area contributed by atoms with Crippen molar-refractivity contribution in [3.63, 3.8) is 0 Å². The molecular formula is C15H16BrF2NOS. The molecule has 0 spiro atoms. The fourth-order valence-electron chi connectivity index (χ4n) is 1.95. The molecular weight excluding hydrogens is 360 g/mol. The SMILES string of the molecule is CCc1cc(Br)ccc1NCc1ccc(CSC(F)F)o1. The first-order chi connectivity index (χ1) is 10.1. The Bertz CT molecular complexity index is 589. The van der Waals surface area contributed by atoms with Crippen molar-refractivity contribution < 1.29 is 13.2 Å². The van der Waals surface area contributed by atoms with E-state index in [1.54, 1.807) is 6.07 Å². The summed E-state index contributed by atoms with van der Waals surface area (Å²) >= 11 is 4.02. The van der Waals surface area contributed by atoms with Crippen LogP contribution in [0.3, 0.4) is 0 Å². The molecule has 0 saturated carbocycles. The maximum absolute atomic E-state index is 12.1. The molecule has 0 radical (unpaired) electrons. The second kappa shape index (κ2) is 7.84. The van der Waals surface area contributed by atoms with Gasteiger partial charge in [-0.2, -0.15) is 8.78 Å². The van der Waals surface area contributed by atoms with E-state index in [2.05, 4.69) is 34.2 Å². The number of rotatable bonds is 7. The van der Waals surface area contributed by atoms with Crippen LogP contribution in [0.1, 0.15) is 24.0 Å². The molecule has 1 aromatic carbocycles. The van der Waals surface area contributed by atoms with E-state index in [-0.39, 0.29) is 5.75 Å². The third kappa shape index (κ3) is 5.04. The van der Waals surface area contributed by atoms with Gasteiger partial charge in [-0.25, -0.2) is 0 Å². The number of halogens is 3. The molecule has 0 aliphatic carbocycles. The van der Waals surface area contributed by atoms with E-state index in [1.165, 1.54) is 5.56 Å². The molecule has 21 heavy (non-hydrogen) atoms. The molecule has 2 rings (SSSR count). The summed E-state index contributed by atoms with van der Waals surface area (Å²) in [6, 6.07) is 9.64. The van der Waals surface area contributed by atoms with Crippen molar-refractivity contribution in [2.24, 2.45) is 0 Å². The van der Waals surface area contributed by atoms with Gasteiger partial charge in [-0.3, -0.25) is 0 Å². The van der Waals surface area contributed by atoms with Gasteiger partial charge in [0.2, 0.25) is 0 Å². The minimum absolute atomic E-state index is 0.191. The number of alkyl halides is 2. The molecule has 1 N–H and O–H groups in total. The molecule has 0 amide bonds. The summed E-state index contributed by atoms with van der Waals surface area (Å²) in [4.78, 5) is 0. The number of benzene rings is 1. The molecule has 0 unspecified atom stereocenters. The van der Waals surface area contributed by atoms with Crippen molar-refractivity contribution in [2.75, 3.05) is 5.32 Å². The number of anilines is 1. The van der Waals surface area contributed by atoms with E-state index >= 15 is 0 Å². The molecule has 0 bridgehead atoms. The van der Waals surface area contributed by atoms with Gasteiger partial charge in [0.1, 0.15) is 11.5 Å². The summed E-state index contributed by atoms with van der Waals surface area (Å²) in [5.74, 6) is -0.865. The Morgan fingerprint density at radius 1 is 1.24 bits per heavy atom. The van der Waals surface area contributed by atoms with Gasteiger partial charge in [-0.15, -0.1) is 0 Å². The van der Waals surface area contributed by atoms with E-state index < -0.39 is 5.76 Å². The first-order valence-electron chi connectivity index (χ1n) is 6.58. The lowest BCUT2D eigenvalue weighted by Crippen LogP contribution is -2.01. The molecule has 0 aliphatic heterocycles. The Balaban J connectivity index is 1.94. The summed E-state index contributed by atoms with van der Waals surface area (Å²) in [6.45, 7) is 2.63. The monoisotopic (exact) mass is 375 g/mol. The van der Waals surface area contributed by atoms with Crippen LogP contribution in [0.5, 0.6) is 0 Å². The molecule has 6 heteroatoms. The van der Waals surface area contributed by atoms with Crippen molar-refractivity contribution in [2.45, 2.75) is 31.4 Å². The normalized spacial score (nSPS) is 11.1. The van der Waals surface area contributed by atoms with Crippen LogP contribution in [-0.4, -0.2) is 5.76 Å². The minimum Gasteiger partial charge on any atom is -0.463 e. The topological polar surface area (TPSA) is 25.2 Å². The first-order valence-corrected chi connectivity index (χ1v) is 8.42. The molecule has 0 fully saturated rings. The molecule has 0 aliphatic rings. The van der Waals surface area contributed by atoms with Gasteiger partial charge in [-0.1, -0.05) is 34.6 Å². The Morgan fingerprint density at radius 2 is 2.00 bits per heavy atom. The van der Waals surface area contributed by atoms with Crippen molar-refractivity contribution in [1.29, 1.82) is 0 Å². The van der Waals surface area contributed by atoms with Gasteiger partial charge in [0.05, 0.1) is 12.3 Å². The van der Waals surface area contributed by atoms with Gasteiger partial charge in [0, 0.05) is 10.2 Å². The highest BCUT2D eigenvalue weighted by Gasteiger charge is 2.08. The Morgan fingerprint density at radius 3 is 2.71 bits per heavy atom. The van der Waals surface area contributed by atoms with Crippen LogP contribution in [-0.2, 0) is 18.7 Å². The van der Waals surface area contributed by atoms with Crippen molar-refractivity contribution in [3.8, 4) is 0 Å². The standard InChI is InChI=1S/C15H16BrF2NOS/c1-2-10-7-11(16)3-6-14(10)19-8-12-4-5-13(20-12)9-21-15(17)18/h3-7,15,19H,2,8-9H2,1H3. The average Bonchev–Trinajstić information content (AvgIpc) is 2.91. The zero-order chi connectivity index (χ0) is 15.2. The number of hydrogen-bond acceptors (Lipinski definition) is 3. The van der Waals surface area contributed by atoms with E-state index in [0.717, 1.165) is 22.3 Å². The number of hydrogen-bond donors (Lipinski definition) is 1. The maximum atomic E-state index is 12.1. The summed E-state index contributed by atoms with van der Waals surface area (Å²) in [7, 11) is 0. The Labute approximate surface area is 135 Å². The van der Waals surface area contributed by atoms with Crippen molar-refractivity contribution in [1.82, 2.24) is 0 Å². The van der Waals surface area contributed by atoms with Crippen LogP contribution in [0.2, 0.25) is 0 Å². The van der Waals surface area contributed by atoms with E-state index in [4.69, 9.17) is 4.42 Å². The lowest BCUT2D eigenvalue weighted by Gasteiger charge is -2.10. The number of thioether (sulfide) groups is 1. The quantitative estimate of drug-likeness (QED) is 0.674. The maximum Gasteiger partial charge on any atom is 0.284 e. The van der Waals surface area contributed by atoms with Crippen molar-refractivity contribution >= 4 is 33.4 Å². The largest absolute Gasteiger partial charge is 0.463 e. The third-order valence-corrected chi connectivity index (χ3v) is 4.17. The molecule has 2 nitrogen and oxygen atoms in total. The molecule has 1 aromatic heterocycles. The van der Waals surface area contributed by atoms with Crippen LogP contribution in [0.15, 0.2) is 39.2 Å². The van der Waals surface area contributed by atoms with Crippen LogP contribution < -0.4 is 5.32 Å². The average molecular weight is 376 g/mol. The Hall–Kier alpha value is -1.01. The van der Waals surface area contributed by atoms with Gasteiger partial charge in [0.25, 0.3) is 5.76 Å². The van der Waals surface area contributed by atoms with Crippen molar-refractivity contribution in [3.05, 3.63) is 51.9 Å². The van der Waals surface area contributed by atoms with Crippen LogP contribution in [0.4, 0.5) is 14.5 Å². The first kappa shape index (κ1) is 16.4. The number of nitrogens with one attached hydrogen (secondary N) is 1. The third-order valence-electron chi connectivity index (χ3n) is 2.97. The minimum atomic E-state index is -2.37. The van der Waals surface area contributed by atoms with E-state index in [9.17, 15) is 8.78 Å². The van der Waals surface area contributed by atoms with E-state index in [0.29, 0.717) is 24.1 Å². The summed E-state index contributed by atoms with van der Waals surface area (Å²) in [5.41, 5.74) is 2.27. The zero-order valence-corrected chi connectivity index (χ0v) is 13.9. The lowest BCUT2D eigenvalue weighted by atomic mass is 10.1. The smallest absolute Gasteiger partial charge is 0.284 e. The fourth-order valence-corrected chi connectivity index (χ4v) is 2.80. The second-order valence-electron chi connectivity index (χ2n) is 4.45. The predicted octanol–water partition coefficient (Wildman–Crippen LogP) is 5.67. The summed E-state index contributed by atoms with van der Waals surface area (Å²) < 4.78 is 30.8. The highest BCUT2D eigenvalue weighted by Crippen LogP contribution is 2.24. The highest BCUT2D eigenvalue weighted by molar-refractivity contribution is 9.10. The number of furan rings is 1. The molecule has 2 aromatic rings. The van der Waals surface area contributed by atoms with Gasteiger partial charge >= 0.3 is 0 Å². The lowest BCUT2D eigenvalue weighted by molar-refractivity contribution is 0.251. The van der Waals surface area contributed by atoms with Gasteiger partial charge < -0.3 is 9.73 Å². The highest BCUT2D eigenvalue weighted by atomic mass is 79.9. The fraction of sp³-hybridized carbons (Fsp3) is 0.333. The van der Waals surface area contributed by atoms with Crippen LogP contribution in [0, 0.1) is 0 Å². The predicted molar refractivity (Wildman–Crippen MR) is 86.9 cm³/mol. The van der Waals surface area contributed by atoms with Gasteiger partial charge in [0.15, 0.2) is 0 Å². The van der Waals surface area contributed by atoms with Gasteiger partial charge in [-0.05, 0) is 42.3 Å². The Kier molecular flexibility index (Phi) is 6.11. The second-order valence-corrected chi connectivity index (χ2v) is 6.34. The van der Waals surface area contributed by atoms with E-state index in [1.807, 2.05) is 18.2 Å². The molecule has 0 saturated heterocycles. The number of aryl methyl sites for hydroxylation is 1. The zero-order valence-electron chi connectivity index (χ0n) is 11.5.